The van der Waals surface area contributed by atoms with Gasteiger partial charge in [-0.05, 0) is 68.9 Å². The van der Waals surface area contributed by atoms with E-state index < -0.39 is 0 Å². The second kappa shape index (κ2) is 9.27. The largest absolute Gasteiger partial charge is 0.493 e. The zero-order valence-electron chi connectivity index (χ0n) is 18.1. The van der Waals surface area contributed by atoms with Crippen LogP contribution in [-0.2, 0) is 9.59 Å². The van der Waals surface area contributed by atoms with E-state index in [0.717, 1.165) is 24.7 Å². The third-order valence-electron chi connectivity index (χ3n) is 7.13. The van der Waals surface area contributed by atoms with E-state index in [1.165, 1.54) is 25.7 Å². The van der Waals surface area contributed by atoms with E-state index in [2.05, 4.69) is 12.2 Å². The van der Waals surface area contributed by atoms with Gasteiger partial charge in [0.15, 0.2) is 18.1 Å². The highest BCUT2D eigenvalue weighted by atomic mass is 16.5. The standard InChI is InChI=1S/C24H34N2O4/c1-16(20-14-17-7-8-18(20)13-17)25-23(27)11-12-26(19-9-10-19)24(28)15-30-22-6-4-3-5-21(22)29-2/h3-6,16-20H,7-15H2,1-2H3,(H,25,27). The smallest absolute Gasteiger partial charge is 0.260 e. The summed E-state index contributed by atoms with van der Waals surface area (Å²) in [7, 11) is 1.58. The van der Waals surface area contributed by atoms with Crippen molar-refractivity contribution in [2.75, 3.05) is 20.3 Å². The second-order valence-electron chi connectivity index (χ2n) is 9.20. The molecule has 6 nitrogen and oxygen atoms in total. The molecule has 3 aliphatic carbocycles. The lowest BCUT2D eigenvalue weighted by Gasteiger charge is -2.29. The van der Waals surface area contributed by atoms with Crippen LogP contribution in [0.3, 0.4) is 0 Å². The molecule has 0 aromatic heterocycles. The molecule has 2 amide bonds. The number of hydrogen-bond donors (Lipinski definition) is 1. The van der Waals surface area contributed by atoms with Gasteiger partial charge in [0.25, 0.3) is 5.91 Å². The molecule has 2 bridgehead atoms. The first-order chi connectivity index (χ1) is 14.5. The van der Waals surface area contributed by atoms with Gasteiger partial charge >= 0.3 is 0 Å². The molecule has 3 fully saturated rings. The van der Waals surface area contributed by atoms with Gasteiger partial charge in [0, 0.05) is 25.0 Å². The van der Waals surface area contributed by atoms with E-state index in [0.29, 0.717) is 30.4 Å². The van der Waals surface area contributed by atoms with Crippen molar-refractivity contribution in [3.05, 3.63) is 24.3 Å². The monoisotopic (exact) mass is 414 g/mol. The van der Waals surface area contributed by atoms with Crippen LogP contribution in [-0.4, -0.2) is 49.1 Å². The predicted octanol–water partition coefficient (Wildman–Crippen LogP) is 3.40. The van der Waals surface area contributed by atoms with E-state index >= 15 is 0 Å². The van der Waals surface area contributed by atoms with Gasteiger partial charge in [0.05, 0.1) is 7.11 Å². The topological polar surface area (TPSA) is 67.9 Å². The van der Waals surface area contributed by atoms with Crippen LogP contribution in [0.25, 0.3) is 0 Å². The van der Waals surface area contributed by atoms with Gasteiger partial charge in [-0.2, -0.15) is 0 Å². The Balaban J connectivity index is 1.24. The van der Waals surface area contributed by atoms with Gasteiger partial charge in [-0.25, -0.2) is 0 Å². The molecule has 0 aliphatic heterocycles. The molecule has 6 heteroatoms. The van der Waals surface area contributed by atoms with Gasteiger partial charge in [-0.1, -0.05) is 18.6 Å². The number of nitrogens with zero attached hydrogens (tertiary/aromatic N) is 1. The Morgan fingerprint density at radius 3 is 2.53 bits per heavy atom. The normalized spacial score (nSPS) is 25.6. The number of amides is 2. The Hall–Kier alpha value is -2.24. The summed E-state index contributed by atoms with van der Waals surface area (Å²) in [5.41, 5.74) is 0. The van der Waals surface area contributed by atoms with Crippen LogP contribution < -0.4 is 14.8 Å². The second-order valence-corrected chi connectivity index (χ2v) is 9.20. The molecule has 4 unspecified atom stereocenters. The van der Waals surface area contributed by atoms with Crippen molar-refractivity contribution in [2.24, 2.45) is 17.8 Å². The average molecular weight is 415 g/mol. The molecule has 0 saturated heterocycles. The van der Waals surface area contributed by atoms with Gasteiger partial charge in [0.2, 0.25) is 5.91 Å². The van der Waals surface area contributed by atoms with Crippen LogP contribution in [0, 0.1) is 17.8 Å². The van der Waals surface area contributed by atoms with Crippen molar-refractivity contribution in [3.63, 3.8) is 0 Å². The molecule has 4 atom stereocenters. The summed E-state index contributed by atoms with van der Waals surface area (Å²) in [5, 5.41) is 3.21. The molecule has 30 heavy (non-hydrogen) atoms. The van der Waals surface area contributed by atoms with Crippen LogP contribution >= 0.6 is 0 Å². The third kappa shape index (κ3) is 4.90. The fraction of sp³-hybridized carbons (Fsp3) is 0.667. The Bertz CT molecular complexity index is 763. The number of para-hydroxylation sites is 2. The van der Waals surface area contributed by atoms with E-state index in [1.807, 2.05) is 17.0 Å². The van der Waals surface area contributed by atoms with Crippen molar-refractivity contribution in [3.8, 4) is 11.5 Å². The van der Waals surface area contributed by atoms with Crippen LogP contribution in [0.5, 0.6) is 11.5 Å². The van der Waals surface area contributed by atoms with Crippen molar-refractivity contribution >= 4 is 11.8 Å². The molecule has 0 heterocycles. The van der Waals surface area contributed by atoms with Crippen LogP contribution in [0.4, 0.5) is 0 Å². The molecule has 3 saturated carbocycles. The maximum absolute atomic E-state index is 12.8. The molecule has 3 aliphatic rings. The quantitative estimate of drug-likeness (QED) is 0.637. The summed E-state index contributed by atoms with van der Waals surface area (Å²) >= 11 is 0. The summed E-state index contributed by atoms with van der Waals surface area (Å²) in [4.78, 5) is 27.1. The minimum atomic E-state index is -0.0719. The highest BCUT2D eigenvalue weighted by Crippen LogP contribution is 2.49. The molecule has 1 N–H and O–H groups in total. The lowest BCUT2D eigenvalue weighted by molar-refractivity contribution is -0.134. The molecule has 164 valence electrons. The van der Waals surface area contributed by atoms with Gasteiger partial charge in [-0.15, -0.1) is 0 Å². The fourth-order valence-electron chi connectivity index (χ4n) is 5.42. The SMILES string of the molecule is COc1ccccc1OCC(=O)N(CCC(=O)NC(C)C1CC2CCC1C2)C1CC1. The average Bonchev–Trinajstić information content (AvgIpc) is 3.35. The van der Waals surface area contributed by atoms with E-state index in [-0.39, 0.29) is 30.5 Å². The van der Waals surface area contributed by atoms with E-state index in [1.54, 1.807) is 19.2 Å². The van der Waals surface area contributed by atoms with Crippen LogP contribution in [0.2, 0.25) is 0 Å². The minimum absolute atomic E-state index is 0.0416. The van der Waals surface area contributed by atoms with Crippen LogP contribution in [0.1, 0.15) is 51.9 Å². The summed E-state index contributed by atoms with van der Waals surface area (Å²) in [5.74, 6) is 3.45. The summed E-state index contributed by atoms with van der Waals surface area (Å²) in [6.45, 7) is 2.56. The number of methoxy groups -OCH3 is 1. The van der Waals surface area contributed by atoms with Gasteiger partial charge < -0.3 is 19.7 Å². The summed E-state index contributed by atoms with van der Waals surface area (Å²) < 4.78 is 11.0. The minimum Gasteiger partial charge on any atom is -0.493 e. The van der Waals surface area contributed by atoms with Crippen molar-refractivity contribution < 1.29 is 19.1 Å². The molecule has 1 aromatic carbocycles. The Labute approximate surface area is 179 Å². The zero-order valence-corrected chi connectivity index (χ0v) is 18.1. The lowest BCUT2D eigenvalue weighted by atomic mass is 9.84. The molecular formula is C24H34N2O4. The number of rotatable bonds is 10. The Kier molecular flexibility index (Phi) is 6.49. The number of hydrogen-bond acceptors (Lipinski definition) is 4. The first-order valence-electron chi connectivity index (χ1n) is 11.4. The van der Waals surface area contributed by atoms with Crippen molar-refractivity contribution in [2.45, 2.75) is 64.0 Å². The first-order valence-corrected chi connectivity index (χ1v) is 11.4. The van der Waals surface area contributed by atoms with E-state index in [4.69, 9.17) is 9.47 Å². The molecule has 1 aromatic rings. The lowest BCUT2D eigenvalue weighted by Crippen LogP contribution is -2.43. The highest BCUT2D eigenvalue weighted by molar-refractivity contribution is 5.80. The maximum Gasteiger partial charge on any atom is 0.260 e. The number of benzene rings is 1. The third-order valence-corrected chi connectivity index (χ3v) is 7.13. The van der Waals surface area contributed by atoms with Gasteiger partial charge in [-0.3, -0.25) is 9.59 Å². The Morgan fingerprint density at radius 1 is 1.13 bits per heavy atom. The summed E-state index contributed by atoms with van der Waals surface area (Å²) in [6, 6.07) is 7.78. The number of ether oxygens (including phenoxy) is 2. The predicted molar refractivity (Wildman–Crippen MR) is 114 cm³/mol. The van der Waals surface area contributed by atoms with Crippen LogP contribution in [0.15, 0.2) is 24.3 Å². The van der Waals surface area contributed by atoms with Gasteiger partial charge in [0.1, 0.15) is 0 Å². The first kappa shape index (κ1) is 21.0. The Morgan fingerprint density at radius 2 is 1.90 bits per heavy atom. The number of carbonyl (C=O) groups excluding carboxylic acids is 2. The number of carbonyl (C=O) groups is 2. The van der Waals surface area contributed by atoms with E-state index in [9.17, 15) is 9.59 Å². The highest BCUT2D eigenvalue weighted by Gasteiger charge is 2.42. The zero-order chi connectivity index (χ0) is 21.1. The summed E-state index contributed by atoms with van der Waals surface area (Å²) in [6.07, 6.45) is 7.66. The molecular weight excluding hydrogens is 380 g/mol. The number of fused-ring (bicyclic) bond motifs is 2. The number of nitrogens with one attached hydrogen (secondary N) is 1. The van der Waals surface area contributed by atoms with Crippen molar-refractivity contribution in [1.82, 2.24) is 10.2 Å². The molecule has 0 radical (unpaired) electrons. The maximum atomic E-state index is 12.8. The molecule has 0 spiro atoms. The molecule has 4 rings (SSSR count). The van der Waals surface area contributed by atoms with Crippen molar-refractivity contribution in [1.29, 1.82) is 0 Å². The fourth-order valence-corrected chi connectivity index (χ4v) is 5.42.